The average Bonchev–Trinajstić information content (AvgIpc) is 3.08. The summed E-state index contributed by atoms with van der Waals surface area (Å²) in [5.41, 5.74) is 5.26. The first-order chi connectivity index (χ1) is 13.4. The van der Waals surface area contributed by atoms with Gasteiger partial charge in [0.25, 0.3) is 0 Å². The number of nitrogens with one attached hydrogen (secondary N) is 1. The Hall–Kier alpha value is -2.11. The molecule has 2 aromatic carbocycles. The number of carbonyl (C=O) groups excluding carboxylic acids is 1. The van der Waals surface area contributed by atoms with Gasteiger partial charge in [-0.15, -0.1) is 0 Å². The Labute approximate surface area is 173 Å². The monoisotopic (exact) mass is 441 g/mol. The van der Waals surface area contributed by atoms with E-state index in [-0.39, 0.29) is 17.8 Å². The molecular formula is C23H24BrNO3. The summed E-state index contributed by atoms with van der Waals surface area (Å²) >= 11 is 3.55. The molecule has 0 saturated carbocycles. The molecule has 0 bridgehead atoms. The molecule has 28 heavy (non-hydrogen) atoms. The Morgan fingerprint density at radius 3 is 2.75 bits per heavy atom. The van der Waals surface area contributed by atoms with Crippen LogP contribution in [-0.2, 0) is 11.8 Å². The molecule has 5 heteroatoms. The van der Waals surface area contributed by atoms with Crippen LogP contribution in [0.25, 0.3) is 10.9 Å². The van der Waals surface area contributed by atoms with Gasteiger partial charge in [0.2, 0.25) is 0 Å². The number of ketones is 1. The van der Waals surface area contributed by atoms with E-state index < -0.39 is 0 Å². The molecule has 0 fully saturated rings. The first kappa shape index (κ1) is 19.2. The number of aliphatic hydroxyl groups excluding tert-OH is 1. The number of benzene rings is 2. The van der Waals surface area contributed by atoms with Gasteiger partial charge in [0.05, 0.1) is 16.6 Å². The number of carbonyl (C=O) groups is 1. The third kappa shape index (κ3) is 2.80. The highest BCUT2D eigenvalue weighted by Crippen LogP contribution is 2.46. The lowest BCUT2D eigenvalue weighted by Crippen LogP contribution is -2.30. The van der Waals surface area contributed by atoms with Crippen LogP contribution >= 0.6 is 15.9 Å². The second-order valence-corrected chi connectivity index (χ2v) is 8.63. The molecule has 1 heterocycles. The third-order valence-corrected chi connectivity index (χ3v) is 6.31. The number of aromatic amines is 1. The normalized spacial score (nSPS) is 14.8. The molecule has 146 valence electrons. The molecule has 4 nitrogen and oxygen atoms in total. The minimum atomic E-state index is -0.363. The predicted molar refractivity (Wildman–Crippen MR) is 115 cm³/mol. The van der Waals surface area contributed by atoms with E-state index in [0.29, 0.717) is 24.3 Å². The van der Waals surface area contributed by atoms with Crippen molar-refractivity contribution < 1.29 is 14.6 Å². The number of H-pyrrole nitrogens is 1. The molecule has 0 saturated heterocycles. The van der Waals surface area contributed by atoms with Gasteiger partial charge in [-0.2, -0.15) is 0 Å². The number of hydrogen-bond acceptors (Lipinski definition) is 3. The van der Waals surface area contributed by atoms with Crippen LogP contribution < -0.4 is 4.74 Å². The Bertz CT molecular complexity index is 1080. The van der Waals surface area contributed by atoms with Crippen molar-refractivity contribution in [2.24, 2.45) is 0 Å². The summed E-state index contributed by atoms with van der Waals surface area (Å²) in [4.78, 5) is 17.1. The topological polar surface area (TPSA) is 62.3 Å². The van der Waals surface area contributed by atoms with E-state index in [1.807, 2.05) is 24.3 Å². The molecule has 1 aliphatic carbocycles. The summed E-state index contributed by atoms with van der Waals surface area (Å²) in [7, 11) is 0. The first-order valence-corrected chi connectivity index (χ1v) is 10.5. The van der Waals surface area contributed by atoms with Gasteiger partial charge in [0.1, 0.15) is 5.75 Å². The SMILES string of the molecule is CCc1cccc2[nH]c3c(c12)C(=O)c1cc(Br)c(OCCCO)cc1C3(C)C. The highest BCUT2D eigenvalue weighted by Gasteiger charge is 2.40. The smallest absolute Gasteiger partial charge is 0.195 e. The number of aryl methyl sites for hydroxylation is 1. The molecule has 1 aliphatic rings. The lowest BCUT2D eigenvalue weighted by molar-refractivity contribution is 0.103. The standard InChI is InChI=1S/C23H24BrNO3/c1-4-13-7-5-8-17-19(13)20-21(27)14-11-16(24)18(28-10-6-9-26)12-15(14)23(2,3)22(20)25-17/h5,7-8,11-12,25-26H,4,6,9-10H2,1-3H3. The molecule has 0 atom stereocenters. The van der Waals surface area contributed by atoms with Gasteiger partial charge in [-0.05, 0) is 51.7 Å². The van der Waals surface area contributed by atoms with Crippen LogP contribution in [0.5, 0.6) is 5.75 Å². The molecule has 3 aromatic rings. The maximum atomic E-state index is 13.5. The van der Waals surface area contributed by atoms with Crippen molar-refractivity contribution in [3.8, 4) is 5.75 Å². The first-order valence-electron chi connectivity index (χ1n) is 9.66. The van der Waals surface area contributed by atoms with Gasteiger partial charge in [0, 0.05) is 40.6 Å². The Morgan fingerprint density at radius 2 is 2.04 bits per heavy atom. The van der Waals surface area contributed by atoms with Crippen molar-refractivity contribution in [3.63, 3.8) is 0 Å². The number of aliphatic hydroxyl groups is 1. The van der Waals surface area contributed by atoms with Crippen LogP contribution in [0.2, 0.25) is 0 Å². The Morgan fingerprint density at radius 1 is 1.25 bits per heavy atom. The summed E-state index contributed by atoms with van der Waals surface area (Å²) in [6.45, 7) is 6.92. The number of rotatable bonds is 5. The molecule has 0 aliphatic heterocycles. The number of aromatic nitrogens is 1. The van der Waals surface area contributed by atoms with Crippen molar-refractivity contribution in [2.75, 3.05) is 13.2 Å². The fourth-order valence-corrected chi connectivity index (χ4v) is 4.65. The molecule has 0 radical (unpaired) electrons. The van der Waals surface area contributed by atoms with Crippen LogP contribution in [0.4, 0.5) is 0 Å². The maximum Gasteiger partial charge on any atom is 0.195 e. The lowest BCUT2D eigenvalue weighted by atomic mass is 9.71. The fourth-order valence-electron chi connectivity index (χ4n) is 4.20. The Balaban J connectivity index is 1.92. The summed E-state index contributed by atoms with van der Waals surface area (Å²) in [6.07, 6.45) is 1.45. The average molecular weight is 442 g/mol. The minimum Gasteiger partial charge on any atom is -0.492 e. The van der Waals surface area contributed by atoms with Crippen LogP contribution in [0.3, 0.4) is 0 Å². The second-order valence-electron chi connectivity index (χ2n) is 7.78. The molecular weight excluding hydrogens is 418 g/mol. The molecule has 0 unspecified atom stereocenters. The molecule has 1 aromatic heterocycles. The summed E-state index contributed by atoms with van der Waals surface area (Å²) in [5.74, 6) is 0.751. The van der Waals surface area contributed by atoms with Gasteiger partial charge in [-0.1, -0.05) is 32.9 Å². The van der Waals surface area contributed by atoms with E-state index in [0.717, 1.165) is 38.6 Å². The number of ether oxygens (including phenoxy) is 1. The van der Waals surface area contributed by atoms with Crippen LogP contribution in [-0.4, -0.2) is 29.1 Å². The van der Waals surface area contributed by atoms with Gasteiger partial charge in [-0.25, -0.2) is 0 Å². The van der Waals surface area contributed by atoms with Crippen LogP contribution in [0.15, 0.2) is 34.8 Å². The lowest BCUT2D eigenvalue weighted by Gasteiger charge is -2.32. The summed E-state index contributed by atoms with van der Waals surface area (Å²) < 4.78 is 6.58. The van der Waals surface area contributed by atoms with Crippen molar-refractivity contribution in [1.29, 1.82) is 0 Å². The van der Waals surface area contributed by atoms with Gasteiger partial charge < -0.3 is 14.8 Å². The van der Waals surface area contributed by atoms with E-state index >= 15 is 0 Å². The maximum absolute atomic E-state index is 13.5. The molecule has 0 spiro atoms. The highest BCUT2D eigenvalue weighted by molar-refractivity contribution is 9.10. The van der Waals surface area contributed by atoms with Crippen molar-refractivity contribution >= 4 is 32.6 Å². The highest BCUT2D eigenvalue weighted by atomic mass is 79.9. The van der Waals surface area contributed by atoms with Gasteiger partial charge in [0.15, 0.2) is 5.78 Å². The Kier molecular flexibility index (Phi) is 4.84. The number of halogens is 1. The second kappa shape index (κ2) is 7.05. The summed E-state index contributed by atoms with van der Waals surface area (Å²) in [6, 6.07) is 10.0. The third-order valence-electron chi connectivity index (χ3n) is 5.69. The van der Waals surface area contributed by atoms with Crippen molar-refractivity contribution in [2.45, 2.75) is 39.0 Å². The van der Waals surface area contributed by atoms with E-state index in [1.54, 1.807) is 0 Å². The fraction of sp³-hybridized carbons (Fsp3) is 0.348. The largest absolute Gasteiger partial charge is 0.492 e. The van der Waals surface area contributed by atoms with Crippen molar-refractivity contribution in [1.82, 2.24) is 4.98 Å². The predicted octanol–water partition coefficient (Wildman–Crippen LogP) is 5.12. The zero-order valence-corrected chi connectivity index (χ0v) is 17.9. The minimum absolute atomic E-state index is 0.0547. The van der Waals surface area contributed by atoms with E-state index in [1.165, 1.54) is 5.56 Å². The zero-order valence-electron chi connectivity index (χ0n) is 16.4. The van der Waals surface area contributed by atoms with E-state index in [4.69, 9.17) is 9.84 Å². The van der Waals surface area contributed by atoms with Gasteiger partial charge in [-0.3, -0.25) is 4.79 Å². The zero-order chi connectivity index (χ0) is 20.1. The quantitative estimate of drug-likeness (QED) is 0.539. The molecule has 2 N–H and O–H groups in total. The van der Waals surface area contributed by atoms with Crippen LogP contribution in [0.1, 0.15) is 59.9 Å². The number of hydrogen-bond donors (Lipinski definition) is 2. The van der Waals surface area contributed by atoms with Gasteiger partial charge >= 0.3 is 0 Å². The summed E-state index contributed by atoms with van der Waals surface area (Å²) in [5, 5.41) is 10.0. The molecule has 4 rings (SSSR count). The van der Waals surface area contributed by atoms with Crippen LogP contribution in [0, 0.1) is 0 Å². The van der Waals surface area contributed by atoms with E-state index in [2.05, 4.69) is 47.8 Å². The molecule has 0 amide bonds. The van der Waals surface area contributed by atoms with E-state index in [9.17, 15) is 4.79 Å². The van der Waals surface area contributed by atoms with Crippen molar-refractivity contribution in [3.05, 3.63) is 62.8 Å². The number of fused-ring (bicyclic) bond motifs is 4.